The van der Waals surface area contributed by atoms with Gasteiger partial charge >= 0.3 is 0 Å². The molecule has 0 amide bonds. The minimum absolute atomic E-state index is 0.111. The van der Waals surface area contributed by atoms with Gasteiger partial charge in [-0.2, -0.15) is 0 Å². The smallest absolute Gasteiger partial charge is 0.120 e. The first-order valence-electron chi connectivity index (χ1n) is 8.29. The van der Waals surface area contributed by atoms with Crippen molar-refractivity contribution < 1.29 is 9.47 Å². The van der Waals surface area contributed by atoms with E-state index < -0.39 is 0 Å². The molecule has 1 saturated heterocycles. The lowest BCUT2D eigenvalue weighted by molar-refractivity contribution is 0.0934. The zero-order valence-corrected chi connectivity index (χ0v) is 14.0. The number of aryl methyl sites for hydroxylation is 1. The third-order valence-electron chi connectivity index (χ3n) is 4.29. The van der Waals surface area contributed by atoms with Crippen LogP contribution in [0.25, 0.3) is 0 Å². The van der Waals surface area contributed by atoms with E-state index >= 15 is 0 Å². The Morgan fingerprint density at radius 1 is 1.04 bits per heavy atom. The van der Waals surface area contributed by atoms with Crippen molar-refractivity contribution in [2.24, 2.45) is 0 Å². The molecule has 2 aromatic carbocycles. The van der Waals surface area contributed by atoms with Crippen molar-refractivity contribution in [3.8, 4) is 11.5 Å². The Bertz CT molecular complexity index is 629. The quantitative estimate of drug-likeness (QED) is 0.807. The van der Waals surface area contributed by atoms with Crippen LogP contribution in [-0.4, -0.2) is 36.7 Å². The van der Waals surface area contributed by atoms with Crippen LogP contribution < -0.4 is 9.47 Å². The van der Waals surface area contributed by atoms with Crippen molar-refractivity contribution >= 4 is 0 Å². The Balaban J connectivity index is 1.47. The second-order valence-corrected chi connectivity index (χ2v) is 6.56. The van der Waals surface area contributed by atoms with Gasteiger partial charge in [0.05, 0.1) is 0 Å². The summed E-state index contributed by atoms with van der Waals surface area (Å²) >= 11 is 0. The van der Waals surface area contributed by atoms with Gasteiger partial charge in [-0.1, -0.05) is 30.3 Å². The lowest BCUT2D eigenvalue weighted by atomic mass is 10.1. The molecule has 0 bridgehead atoms. The zero-order chi connectivity index (χ0) is 16.1. The molecular weight excluding hydrogens is 286 g/mol. The lowest BCUT2D eigenvalue weighted by Gasteiger charge is -2.26. The van der Waals surface area contributed by atoms with Gasteiger partial charge in [-0.25, -0.2) is 0 Å². The predicted octanol–water partition coefficient (Wildman–Crippen LogP) is 3.92. The average molecular weight is 311 g/mol. The van der Waals surface area contributed by atoms with E-state index in [-0.39, 0.29) is 5.60 Å². The molecule has 1 aliphatic heterocycles. The highest BCUT2D eigenvalue weighted by Gasteiger charge is 2.35. The summed E-state index contributed by atoms with van der Waals surface area (Å²) in [4.78, 5) is 2.42. The van der Waals surface area contributed by atoms with Gasteiger partial charge in [-0.3, -0.25) is 4.90 Å². The third kappa shape index (κ3) is 4.49. The first-order valence-corrected chi connectivity index (χ1v) is 8.29. The maximum atomic E-state index is 6.26. The molecule has 3 nitrogen and oxygen atoms in total. The summed E-state index contributed by atoms with van der Waals surface area (Å²) in [7, 11) is 0. The van der Waals surface area contributed by atoms with Gasteiger partial charge in [0.25, 0.3) is 0 Å². The van der Waals surface area contributed by atoms with Gasteiger partial charge in [0, 0.05) is 26.1 Å². The summed E-state index contributed by atoms with van der Waals surface area (Å²) in [5.74, 6) is 1.90. The standard InChI is InChI=1S/C20H25NO2/c1-17-7-6-10-19(15-17)23-20(2)11-12-21(16-20)13-14-22-18-8-4-3-5-9-18/h3-10,15H,11-14,16H2,1-2H3. The Kier molecular flexibility index (Phi) is 4.87. The molecule has 0 N–H and O–H groups in total. The molecule has 122 valence electrons. The third-order valence-corrected chi connectivity index (χ3v) is 4.29. The summed E-state index contributed by atoms with van der Waals surface area (Å²) in [6.45, 7) is 7.94. The van der Waals surface area contributed by atoms with Crippen LogP contribution in [0.2, 0.25) is 0 Å². The lowest BCUT2D eigenvalue weighted by Crippen LogP contribution is -2.37. The molecule has 1 heterocycles. The Hall–Kier alpha value is -2.00. The highest BCUT2D eigenvalue weighted by atomic mass is 16.5. The fraction of sp³-hybridized carbons (Fsp3) is 0.400. The fourth-order valence-electron chi connectivity index (χ4n) is 3.07. The van der Waals surface area contributed by atoms with Crippen LogP contribution in [0.15, 0.2) is 54.6 Å². The Labute approximate surface area is 138 Å². The van der Waals surface area contributed by atoms with E-state index in [1.807, 2.05) is 36.4 Å². The SMILES string of the molecule is Cc1cccc(OC2(C)CCN(CCOc3ccccc3)C2)c1. The topological polar surface area (TPSA) is 21.7 Å². The Morgan fingerprint density at radius 2 is 1.83 bits per heavy atom. The first-order chi connectivity index (χ1) is 11.1. The predicted molar refractivity (Wildman–Crippen MR) is 93.2 cm³/mol. The summed E-state index contributed by atoms with van der Waals surface area (Å²) in [5, 5.41) is 0. The van der Waals surface area contributed by atoms with Crippen molar-refractivity contribution in [1.29, 1.82) is 0 Å². The molecule has 0 radical (unpaired) electrons. The molecule has 0 aliphatic carbocycles. The molecule has 1 atom stereocenters. The fourth-order valence-corrected chi connectivity index (χ4v) is 3.07. The van der Waals surface area contributed by atoms with Crippen LogP contribution in [0.5, 0.6) is 11.5 Å². The van der Waals surface area contributed by atoms with Crippen LogP contribution >= 0.6 is 0 Å². The first kappa shape index (κ1) is 15.9. The molecule has 3 rings (SSSR count). The van der Waals surface area contributed by atoms with Gasteiger partial charge in [0.1, 0.15) is 23.7 Å². The molecule has 2 aromatic rings. The monoisotopic (exact) mass is 311 g/mol. The van der Waals surface area contributed by atoms with E-state index in [1.54, 1.807) is 0 Å². The van der Waals surface area contributed by atoms with Crippen molar-refractivity contribution in [3.05, 3.63) is 60.2 Å². The maximum Gasteiger partial charge on any atom is 0.120 e. The molecule has 23 heavy (non-hydrogen) atoms. The van der Waals surface area contributed by atoms with Gasteiger partial charge in [0.15, 0.2) is 0 Å². The van der Waals surface area contributed by atoms with Crippen LogP contribution in [0.1, 0.15) is 18.9 Å². The van der Waals surface area contributed by atoms with Crippen LogP contribution in [0, 0.1) is 6.92 Å². The number of ether oxygens (including phenoxy) is 2. The summed E-state index contributed by atoms with van der Waals surface area (Å²) in [6, 6.07) is 18.3. The largest absolute Gasteiger partial charge is 0.492 e. The van der Waals surface area contributed by atoms with Crippen molar-refractivity contribution in [3.63, 3.8) is 0 Å². The second kappa shape index (κ2) is 7.05. The van der Waals surface area contributed by atoms with E-state index in [4.69, 9.17) is 9.47 Å². The van der Waals surface area contributed by atoms with Crippen molar-refractivity contribution in [1.82, 2.24) is 4.90 Å². The number of hydrogen-bond donors (Lipinski definition) is 0. The molecule has 0 aromatic heterocycles. The normalized spacial score (nSPS) is 21.3. The van der Waals surface area contributed by atoms with Gasteiger partial charge in [0.2, 0.25) is 0 Å². The van der Waals surface area contributed by atoms with Gasteiger partial charge < -0.3 is 9.47 Å². The summed E-state index contributed by atoms with van der Waals surface area (Å²) in [6.07, 6.45) is 1.05. The minimum atomic E-state index is -0.111. The van der Waals surface area contributed by atoms with Crippen molar-refractivity contribution in [2.75, 3.05) is 26.2 Å². The van der Waals surface area contributed by atoms with E-state index in [0.29, 0.717) is 6.61 Å². The van der Waals surface area contributed by atoms with E-state index in [2.05, 4.69) is 36.9 Å². The Morgan fingerprint density at radius 3 is 2.61 bits per heavy atom. The van der Waals surface area contributed by atoms with Gasteiger partial charge in [-0.15, -0.1) is 0 Å². The van der Waals surface area contributed by atoms with Crippen molar-refractivity contribution in [2.45, 2.75) is 25.9 Å². The van der Waals surface area contributed by atoms with Crippen LogP contribution in [0.3, 0.4) is 0 Å². The van der Waals surface area contributed by atoms with Crippen LogP contribution in [0.4, 0.5) is 0 Å². The number of likely N-dealkylation sites (tertiary alicyclic amines) is 1. The molecular formula is C20H25NO2. The minimum Gasteiger partial charge on any atom is -0.492 e. The number of benzene rings is 2. The highest BCUT2D eigenvalue weighted by Crippen LogP contribution is 2.28. The van der Waals surface area contributed by atoms with E-state index in [0.717, 1.165) is 37.6 Å². The zero-order valence-electron chi connectivity index (χ0n) is 14.0. The molecule has 1 unspecified atom stereocenters. The molecule has 0 saturated carbocycles. The second-order valence-electron chi connectivity index (χ2n) is 6.56. The van der Waals surface area contributed by atoms with Crippen LogP contribution in [-0.2, 0) is 0 Å². The number of nitrogens with zero attached hydrogens (tertiary/aromatic N) is 1. The molecule has 1 fully saturated rings. The number of hydrogen-bond acceptors (Lipinski definition) is 3. The average Bonchev–Trinajstić information content (AvgIpc) is 2.89. The number of para-hydroxylation sites is 1. The summed E-state index contributed by atoms with van der Waals surface area (Å²) in [5.41, 5.74) is 1.12. The van der Waals surface area contributed by atoms with E-state index in [1.165, 1.54) is 5.56 Å². The van der Waals surface area contributed by atoms with E-state index in [9.17, 15) is 0 Å². The highest BCUT2D eigenvalue weighted by molar-refractivity contribution is 5.28. The number of rotatable bonds is 6. The molecule has 0 spiro atoms. The summed E-state index contributed by atoms with van der Waals surface area (Å²) < 4.78 is 12.0. The molecule has 1 aliphatic rings. The molecule has 3 heteroatoms. The maximum absolute atomic E-state index is 6.26. The van der Waals surface area contributed by atoms with Gasteiger partial charge in [-0.05, 0) is 43.7 Å².